The Hall–Kier alpha value is -3.85. The second-order valence-corrected chi connectivity index (χ2v) is 11.0. The highest BCUT2D eigenvalue weighted by Gasteiger charge is 2.32. The van der Waals surface area contributed by atoms with Gasteiger partial charge in [0.1, 0.15) is 18.3 Å². The first kappa shape index (κ1) is 28.7. The summed E-state index contributed by atoms with van der Waals surface area (Å²) in [5, 5.41) is 2.76. The maximum absolute atomic E-state index is 13.8. The van der Waals surface area contributed by atoms with Gasteiger partial charge in [-0.1, -0.05) is 53.6 Å². The first-order valence-electron chi connectivity index (χ1n) is 12.4. The van der Waals surface area contributed by atoms with Crippen LogP contribution in [0.25, 0.3) is 0 Å². The molecule has 0 heterocycles. The van der Waals surface area contributed by atoms with E-state index in [0.29, 0.717) is 12.3 Å². The summed E-state index contributed by atoms with van der Waals surface area (Å²) >= 11 is 0. The Morgan fingerprint density at radius 1 is 0.947 bits per heavy atom. The minimum absolute atomic E-state index is 0.0561. The van der Waals surface area contributed by atoms with Crippen molar-refractivity contribution in [2.24, 2.45) is 0 Å². The summed E-state index contributed by atoms with van der Waals surface area (Å²) in [6.07, 6.45) is 0. The van der Waals surface area contributed by atoms with Crippen molar-refractivity contribution in [3.63, 3.8) is 0 Å². The van der Waals surface area contributed by atoms with Crippen LogP contribution >= 0.6 is 0 Å². The van der Waals surface area contributed by atoms with Gasteiger partial charge >= 0.3 is 0 Å². The Morgan fingerprint density at radius 3 is 2.13 bits per heavy atom. The summed E-state index contributed by atoms with van der Waals surface area (Å²) in [6, 6.07) is 19.8. The SMILES string of the molecule is CCNC(=O)[C@@H](C)N(Cc1ccc(C)cc1)C(=O)CN(c1cccc(OC)c1)S(=O)(=O)c1ccc(C)cc1. The number of ether oxygens (including phenoxy) is 1. The summed E-state index contributed by atoms with van der Waals surface area (Å²) in [4.78, 5) is 28.1. The molecule has 0 bridgehead atoms. The van der Waals surface area contributed by atoms with Crippen LogP contribution in [0.3, 0.4) is 0 Å². The molecule has 0 aliphatic carbocycles. The third-order valence-corrected chi connectivity index (χ3v) is 8.01. The van der Waals surface area contributed by atoms with Gasteiger partial charge in [0.05, 0.1) is 17.7 Å². The Morgan fingerprint density at radius 2 is 1.55 bits per heavy atom. The average Bonchev–Trinajstić information content (AvgIpc) is 2.91. The number of anilines is 1. The van der Waals surface area contributed by atoms with Crippen molar-refractivity contribution in [1.29, 1.82) is 0 Å². The summed E-state index contributed by atoms with van der Waals surface area (Å²) < 4.78 is 34.0. The van der Waals surface area contributed by atoms with Gasteiger partial charge in [0.15, 0.2) is 0 Å². The molecule has 1 atom stereocenters. The van der Waals surface area contributed by atoms with E-state index in [2.05, 4.69) is 5.32 Å². The molecule has 0 aliphatic rings. The van der Waals surface area contributed by atoms with Crippen LogP contribution in [-0.4, -0.2) is 51.4 Å². The number of benzene rings is 3. The highest BCUT2D eigenvalue weighted by atomic mass is 32.2. The maximum atomic E-state index is 13.8. The van der Waals surface area contributed by atoms with E-state index in [9.17, 15) is 18.0 Å². The van der Waals surface area contributed by atoms with E-state index in [0.717, 1.165) is 21.0 Å². The van der Waals surface area contributed by atoms with E-state index in [4.69, 9.17) is 4.74 Å². The number of sulfonamides is 1. The highest BCUT2D eigenvalue weighted by Crippen LogP contribution is 2.28. The zero-order valence-corrected chi connectivity index (χ0v) is 23.3. The summed E-state index contributed by atoms with van der Waals surface area (Å²) in [6.45, 7) is 7.33. The van der Waals surface area contributed by atoms with Gasteiger partial charge in [-0.15, -0.1) is 0 Å². The molecule has 3 aromatic rings. The largest absolute Gasteiger partial charge is 0.497 e. The fourth-order valence-electron chi connectivity index (χ4n) is 3.93. The molecule has 0 saturated carbocycles. The normalized spacial score (nSPS) is 11.9. The third kappa shape index (κ3) is 6.92. The molecule has 3 rings (SSSR count). The van der Waals surface area contributed by atoms with E-state index in [-0.39, 0.29) is 23.0 Å². The second kappa shape index (κ2) is 12.6. The van der Waals surface area contributed by atoms with Crippen molar-refractivity contribution in [3.8, 4) is 5.75 Å². The molecule has 3 aromatic carbocycles. The molecule has 0 aliphatic heterocycles. The Balaban J connectivity index is 2.04. The smallest absolute Gasteiger partial charge is 0.264 e. The molecule has 1 N–H and O–H groups in total. The van der Waals surface area contributed by atoms with E-state index < -0.39 is 28.5 Å². The van der Waals surface area contributed by atoms with Gasteiger partial charge in [0, 0.05) is 19.2 Å². The maximum Gasteiger partial charge on any atom is 0.264 e. The molecular formula is C29H35N3O5S. The number of nitrogens with one attached hydrogen (secondary N) is 1. The van der Waals surface area contributed by atoms with E-state index >= 15 is 0 Å². The van der Waals surface area contributed by atoms with E-state index in [1.165, 1.54) is 24.1 Å². The lowest BCUT2D eigenvalue weighted by molar-refractivity contribution is -0.139. The molecule has 0 fully saturated rings. The minimum Gasteiger partial charge on any atom is -0.497 e. The summed E-state index contributed by atoms with van der Waals surface area (Å²) in [7, 11) is -2.64. The number of hydrogen-bond acceptors (Lipinski definition) is 5. The fraction of sp³-hybridized carbons (Fsp3) is 0.310. The lowest BCUT2D eigenvalue weighted by atomic mass is 10.1. The van der Waals surface area contributed by atoms with Crippen LogP contribution in [0.2, 0.25) is 0 Å². The van der Waals surface area contributed by atoms with Crippen LogP contribution in [0.1, 0.15) is 30.5 Å². The monoisotopic (exact) mass is 537 g/mol. The van der Waals surface area contributed by atoms with E-state index in [1.54, 1.807) is 50.2 Å². The minimum atomic E-state index is -4.13. The van der Waals surface area contributed by atoms with Crippen molar-refractivity contribution in [2.75, 3.05) is 24.5 Å². The number of hydrogen-bond donors (Lipinski definition) is 1. The molecule has 0 unspecified atom stereocenters. The highest BCUT2D eigenvalue weighted by molar-refractivity contribution is 7.92. The Kier molecular flexibility index (Phi) is 9.52. The first-order valence-corrected chi connectivity index (χ1v) is 13.9. The molecule has 0 spiro atoms. The van der Waals surface area contributed by atoms with Crippen molar-refractivity contribution in [1.82, 2.24) is 10.2 Å². The molecule has 38 heavy (non-hydrogen) atoms. The lowest BCUT2D eigenvalue weighted by Gasteiger charge is -2.32. The summed E-state index contributed by atoms with van der Waals surface area (Å²) in [5.74, 6) is -0.378. The molecule has 8 nitrogen and oxygen atoms in total. The predicted molar refractivity (Wildman–Crippen MR) is 149 cm³/mol. The second-order valence-electron chi connectivity index (χ2n) is 9.10. The number of methoxy groups -OCH3 is 1. The molecule has 0 aromatic heterocycles. The van der Waals surface area contributed by atoms with Crippen molar-refractivity contribution >= 4 is 27.5 Å². The molecule has 0 saturated heterocycles. The predicted octanol–water partition coefficient (Wildman–Crippen LogP) is 4.06. The molecule has 202 valence electrons. The lowest BCUT2D eigenvalue weighted by Crippen LogP contribution is -2.51. The van der Waals surface area contributed by atoms with Gasteiger partial charge in [0.25, 0.3) is 10.0 Å². The summed E-state index contributed by atoms with van der Waals surface area (Å²) in [5.41, 5.74) is 3.08. The van der Waals surface area contributed by atoms with Gasteiger partial charge < -0.3 is 15.0 Å². The Bertz CT molecular complexity index is 1360. The third-order valence-electron chi connectivity index (χ3n) is 6.22. The van der Waals surface area contributed by atoms with E-state index in [1.807, 2.05) is 38.1 Å². The molecular weight excluding hydrogens is 502 g/mol. The van der Waals surface area contributed by atoms with Crippen molar-refractivity contribution in [2.45, 2.75) is 45.2 Å². The number of aryl methyl sites for hydroxylation is 2. The quantitative estimate of drug-likeness (QED) is 0.398. The molecule has 2 amide bonds. The number of rotatable bonds is 11. The standard InChI is InChI=1S/C29H35N3O5S/c1-6-30-29(34)23(4)31(19-24-14-10-21(2)11-15-24)28(33)20-32(25-8-7-9-26(18-25)37-5)38(35,36)27-16-12-22(3)13-17-27/h7-18,23H,6,19-20H2,1-5H3,(H,30,34)/t23-/m1/s1. The zero-order chi connectivity index (χ0) is 27.9. The molecule has 9 heteroatoms. The Labute approximate surface area is 225 Å². The first-order chi connectivity index (χ1) is 18.1. The van der Waals surface area contributed by atoms with Crippen LogP contribution < -0.4 is 14.4 Å². The van der Waals surface area contributed by atoms with Crippen LogP contribution in [0, 0.1) is 13.8 Å². The zero-order valence-electron chi connectivity index (χ0n) is 22.5. The van der Waals surface area contributed by atoms with Crippen LogP contribution in [0.4, 0.5) is 5.69 Å². The molecule has 0 radical (unpaired) electrons. The van der Waals surface area contributed by atoms with Gasteiger partial charge in [-0.25, -0.2) is 8.42 Å². The fourth-order valence-corrected chi connectivity index (χ4v) is 5.33. The van der Waals surface area contributed by atoms with Gasteiger partial charge in [-0.3, -0.25) is 13.9 Å². The average molecular weight is 538 g/mol. The van der Waals surface area contributed by atoms with Gasteiger partial charge in [-0.05, 0) is 57.5 Å². The number of likely N-dealkylation sites (N-methyl/N-ethyl adjacent to an activating group) is 1. The number of amides is 2. The topological polar surface area (TPSA) is 96.0 Å². The number of carbonyl (C=O) groups is 2. The van der Waals surface area contributed by atoms with Crippen LogP contribution in [0.5, 0.6) is 5.75 Å². The van der Waals surface area contributed by atoms with Gasteiger partial charge in [-0.2, -0.15) is 0 Å². The number of nitrogens with zero attached hydrogens (tertiary/aromatic N) is 2. The number of carbonyl (C=O) groups excluding carboxylic acids is 2. The van der Waals surface area contributed by atoms with Crippen LogP contribution in [0.15, 0.2) is 77.7 Å². The van der Waals surface area contributed by atoms with Gasteiger partial charge in [0.2, 0.25) is 11.8 Å². The van der Waals surface area contributed by atoms with Crippen LogP contribution in [-0.2, 0) is 26.2 Å². The van der Waals surface area contributed by atoms with Crippen molar-refractivity contribution in [3.05, 3.63) is 89.5 Å². The van der Waals surface area contributed by atoms with Crippen molar-refractivity contribution < 1.29 is 22.7 Å².